The number of aromatic carboxylic acids is 3. The van der Waals surface area contributed by atoms with Crippen molar-refractivity contribution in [1.29, 1.82) is 0 Å². The maximum Gasteiger partial charge on any atom is 0.0730 e. The number of nitrogens with zero attached hydrogens (tertiary/aromatic N) is 3. The molecule has 0 radical (unpaired) electrons. The van der Waals surface area contributed by atoms with Crippen LogP contribution in [0.25, 0.3) is 0 Å². The third-order valence-electron chi connectivity index (χ3n) is 2.69. The summed E-state index contributed by atoms with van der Waals surface area (Å²) in [6.45, 7) is 0. The van der Waals surface area contributed by atoms with Crippen molar-refractivity contribution in [3.8, 4) is 0 Å². The van der Waals surface area contributed by atoms with E-state index in [0.29, 0.717) is 0 Å². The van der Waals surface area contributed by atoms with E-state index in [1.54, 1.807) is 18.2 Å². The van der Waals surface area contributed by atoms with Gasteiger partial charge < -0.3 is 29.7 Å². The van der Waals surface area contributed by atoms with Crippen LogP contribution in [0.3, 0.4) is 0 Å². The van der Waals surface area contributed by atoms with E-state index in [4.69, 9.17) is 0 Å². The van der Waals surface area contributed by atoms with Gasteiger partial charge in [0.1, 0.15) is 0 Å². The third-order valence-corrected chi connectivity index (χ3v) is 2.69. The first-order valence-corrected chi connectivity index (χ1v) is 7.26. The van der Waals surface area contributed by atoms with Crippen molar-refractivity contribution in [2.75, 3.05) is 0 Å². The van der Waals surface area contributed by atoms with Gasteiger partial charge in [-0.05, 0) is 18.2 Å². The van der Waals surface area contributed by atoms with Crippen LogP contribution >= 0.6 is 0 Å². The minimum absolute atomic E-state index is 0. The normalized spacial score (nSPS) is 8.57. The average Bonchev–Trinajstić information content (AvgIpc) is 2.71. The summed E-state index contributed by atoms with van der Waals surface area (Å²) < 4.78 is 0. The number of carbonyl (C=O) groups excluding carboxylic acids is 3. The summed E-state index contributed by atoms with van der Waals surface area (Å²) in [6, 6.07) is 8.94. The van der Waals surface area contributed by atoms with Crippen molar-refractivity contribution < 1.29 is 47.1 Å². The van der Waals surface area contributed by atoms with Crippen molar-refractivity contribution in [2.45, 2.75) is 0 Å². The van der Waals surface area contributed by atoms with Crippen LogP contribution in [-0.2, 0) is 17.4 Å². The summed E-state index contributed by atoms with van der Waals surface area (Å²) in [7, 11) is 0. The summed E-state index contributed by atoms with van der Waals surface area (Å²) >= 11 is 0. The van der Waals surface area contributed by atoms with E-state index >= 15 is 0 Å². The summed E-state index contributed by atoms with van der Waals surface area (Å²) in [4.78, 5) is 40.9. The summed E-state index contributed by atoms with van der Waals surface area (Å²) in [5.74, 6) is -3.57. The van der Waals surface area contributed by atoms with Crippen LogP contribution in [0.2, 0.25) is 0 Å². The van der Waals surface area contributed by atoms with Crippen molar-refractivity contribution in [1.82, 2.24) is 15.0 Å². The van der Waals surface area contributed by atoms with E-state index in [2.05, 4.69) is 15.0 Å². The standard InChI is InChI=1S/3C6H5NO2.Cr/c3*8-6(9)5-2-1-3-7-4-5;/h3*1-4H,(H,8,9);/p-3. The molecule has 0 atom stereocenters. The summed E-state index contributed by atoms with van der Waals surface area (Å²) in [6.07, 6.45) is 8.26. The van der Waals surface area contributed by atoms with Gasteiger partial charge in [0, 0.05) is 71.2 Å². The van der Waals surface area contributed by atoms with Crippen molar-refractivity contribution in [2.24, 2.45) is 0 Å². The zero-order valence-corrected chi connectivity index (χ0v) is 15.4. The smallest absolute Gasteiger partial charge is 0.0730 e. The molecule has 3 aromatic rings. The van der Waals surface area contributed by atoms with Gasteiger partial charge in [-0.15, -0.1) is 0 Å². The molecule has 0 saturated carbocycles. The Labute approximate surface area is 170 Å². The molecule has 0 aliphatic carbocycles. The minimum Gasteiger partial charge on any atom is -0.545 e. The number of hydrogen-bond acceptors (Lipinski definition) is 9. The zero-order chi connectivity index (χ0) is 20.1. The second-order valence-corrected chi connectivity index (χ2v) is 4.59. The quantitative estimate of drug-likeness (QED) is 0.485. The molecule has 3 rings (SSSR count). The Hall–Kier alpha value is -3.61. The van der Waals surface area contributed by atoms with E-state index in [-0.39, 0.29) is 34.1 Å². The van der Waals surface area contributed by atoms with Gasteiger partial charge >= 0.3 is 0 Å². The van der Waals surface area contributed by atoms with E-state index in [0.717, 1.165) is 0 Å². The molecular weight excluding hydrogens is 406 g/mol. The molecule has 0 N–H and O–H groups in total. The van der Waals surface area contributed by atoms with Crippen LogP contribution in [0.1, 0.15) is 31.1 Å². The van der Waals surface area contributed by atoms with Crippen molar-refractivity contribution in [3.63, 3.8) is 0 Å². The Morgan fingerprint density at radius 3 is 0.929 bits per heavy atom. The fraction of sp³-hybridized carbons (Fsp3) is 0. The predicted molar refractivity (Wildman–Crippen MR) is 85.7 cm³/mol. The fourth-order valence-corrected chi connectivity index (χ4v) is 1.45. The molecule has 28 heavy (non-hydrogen) atoms. The van der Waals surface area contributed by atoms with Gasteiger partial charge in [0.2, 0.25) is 0 Å². The predicted octanol–water partition coefficient (Wildman–Crippen LogP) is -1.67. The Balaban J connectivity index is 0.000000384. The number of carbonyl (C=O) groups is 3. The Morgan fingerprint density at radius 2 is 0.821 bits per heavy atom. The molecule has 0 aliphatic rings. The topological polar surface area (TPSA) is 159 Å². The van der Waals surface area contributed by atoms with Gasteiger partial charge in [0.15, 0.2) is 0 Å². The molecule has 0 aromatic carbocycles. The number of aromatic nitrogens is 3. The van der Waals surface area contributed by atoms with E-state index in [1.165, 1.54) is 55.4 Å². The van der Waals surface area contributed by atoms with E-state index in [1.807, 2.05) is 0 Å². The first-order valence-electron chi connectivity index (χ1n) is 7.26. The zero-order valence-electron chi connectivity index (χ0n) is 14.1. The molecule has 3 aromatic heterocycles. The van der Waals surface area contributed by atoms with E-state index < -0.39 is 17.9 Å². The van der Waals surface area contributed by atoms with Gasteiger partial charge in [0.25, 0.3) is 0 Å². The van der Waals surface area contributed by atoms with Crippen LogP contribution in [0.4, 0.5) is 0 Å². The Bertz CT molecular complexity index is 747. The van der Waals surface area contributed by atoms with Crippen molar-refractivity contribution in [3.05, 3.63) is 90.3 Å². The minimum atomic E-state index is -1.19. The monoisotopic (exact) mass is 418 g/mol. The van der Waals surface area contributed by atoms with Crippen LogP contribution in [0, 0.1) is 0 Å². The fourth-order valence-electron chi connectivity index (χ4n) is 1.45. The molecule has 3 heterocycles. The van der Waals surface area contributed by atoms with Crippen LogP contribution in [0.5, 0.6) is 0 Å². The maximum absolute atomic E-state index is 10.0. The van der Waals surface area contributed by atoms with Gasteiger partial charge in [-0.1, -0.05) is 18.2 Å². The molecule has 10 heteroatoms. The first-order chi connectivity index (χ1) is 12.9. The molecule has 0 spiro atoms. The van der Waals surface area contributed by atoms with Crippen LogP contribution in [0.15, 0.2) is 73.6 Å². The van der Waals surface area contributed by atoms with Crippen LogP contribution < -0.4 is 15.3 Å². The second kappa shape index (κ2) is 13.6. The SMILES string of the molecule is O=C([O-])c1cccnc1.O=C([O-])c1cccnc1.O=C([O-])c1cccnc1.[Cr]. The number of carboxylic acids is 3. The van der Waals surface area contributed by atoms with Gasteiger partial charge in [-0.2, -0.15) is 0 Å². The molecule has 0 amide bonds. The molecule has 0 saturated heterocycles. The number of carboxylic acid groups (broad SMARTS) is 3. The second-order valence-electron chi connectivity index (χ2n) is 4.59. The van der Waals surface area contributed by atoms with Crippen molar-refractivity contribution >= 4 is 17.9 Å². The third kappa shape index (κ3) is 9.77. The Kier molecular flexibility index (Phi) is 11.8. The summed E-state index contributed by atoms with van der Waals surface area (Å²) in [5, 5.41) is 30.1. The van der Waals surface area contributed by atoms with Gasteiger partial charge in [-0.3, -0.25) is 15.0 Å². The molecule has 144 valence electrons. The number of hydrogen-bond donors (Lipinski definition) is 0. The largest absolute Gasteiger partial charge is 0.545 e. The number of pyridine rings is 3. The maximum atomic E-state index is 10.0. The summed E-state index contributed by atoms with van der Waals surface area (Å²) in [5.41, 5.74) is 0.326. The average molecular weight is 418 g/mol. The molecule has 9 nitrogen and oxygen atoms in total. The van der Waals surface area contributed by atoms with Gasteiger partial charge in [0.05, 0.1) is 17.9 Å². The molecular formula is C18H12CrN3O6-3. The Morgan fingerprint density at radius 1 is 0.571 bits per heavy atom. The van der Waals surface area contributed by atoms with Crippen LogP contribution in [-0.4, -0.2) is 32.9 Å². The van der Waals surface area contributed by atoms with E-state index in [9.17, 15) is 29.7 Å². The molecule has 0 fully saturated rings. The molecule has 0 bridgehead atoms. The first kappa shape index (κ1) is 24.4. The molecule has 0 unspecified atom stereocenters. The number of rotatable bonds is 3. The molecule has 0 aliphatic heterocycles. The van der Waals surface area contributed by atoms with Gasteiger partial charge in [-0.25, -0.2) is 0 Å².